The maximum Gasteiger partial charge on any atom is 0.269 e. The first kappa shape index (κ1) is 9.77. The summed E-state index contributed by atoms with van der Waals surface area (Å²) in [6, 6.07) is 1.70. The van der Waals surface area contributed by atoms with Crippen molar-refractivity contribution >= 4 is 5.91 Å². The third-order valence-electron chi connectivity index (χ3n) is 1.78. The van der Waals surface area contributed by atoms with E-state index in [-0.39, 0.29) is 5.54 Å². The number of nitrogens with two attached hydrogens (primary N) is 1. The van der Waals surface area contributed by atoms with Gasteiger partial charge in [-0.05, 0) is 33.8 Å². The van der Waals surface area contributed by atoms with Crippen LogP contribution in [-0.2, 0) is 5.54 Å². The first-order valence-electron chi connectivity index (χ1n) is 4.19. The molecule has 0 bridgehead atoms. The Morgan fingerprint density at radius 1 is 1.54 bits per heavy atom. The maximum atomic E-state index is 10.8. The summed E-state index contributed by atoms with van der Waals surface area (Å²) in [5, 5.41) is 4.12. The summed E-state index contributed by atoms with van der Waals surface area (Å²) in [6.07, 6.45) is 0. The van der Waals surface area contributed by atoms with E-state index in [1.165, 1.54) is 0 Å². The Hall–Kier alpha value is -1.32. The van der Waals surface area contributed by atoms with Gasteiger partial charge in [-0.1, -0.05) is 0 Å². The lowest BCUT2D eigenvalue weighted by Gasteiger charge is -2.20. The normalized spacial score (nSPS) is 11.7. The molecule has 0 saturated heterocycles. The molecule has 0 unspecified atom stereocenters. The molecule has 4 nitrogen and oxygen atoms in total. The van der Waals surface area contributed by atoms with Crippen LogP contribution in [0.4, 0.5) is 0 Å². The Bertz CT molecular complexity index is 333. The van der Waals surface area contributed by atoms with Crippen LogP contribution in [0.2, 0.25) is 0 Å². The van der Waals surface area contributed by atoms with Gasteiger partial charge in [0.25, 0.3) is 5.91 Å². The van der Waals surface area contributed by atoms with Crippen LogP contribution in [0.5, 0.6) is 0 Å². The second kappa shape index (κ2) is 2.87. The van der Waals surface area contributed by atoms with Gasteiger partial charge in [-0.3, -0.25) is 9.48 Å². The van der Waals surface area contributed by atoms with Gasteiger partial charge in [0.1, 0.15) is 5.69 Å². The molecule has 2 N–H and O–H groups in total. The van der Waals surface area contributed by atoms with Crippen LogP contribution in [-0.4, -0.2) is 15.7 Å². The molecule has 0 atom stereocenters. The second-order valence-corrected chi connectivity index (χ2v) is 4.12. The molecule has 72 valence electrons. The van der Waals surface area contributed by atoms with E-state index in [4.69, 9.17) is 5.73 Å². The Morgan fingerprint density at radius 3 is 2.31 bits per heavy atom. The molecule has 1 heterocycles. The SMILES string of the molecule is Cc1cc(C(N)=O)nn1C(C)(C)C. The molecule has 0 spiro atoms. The zero-order chi connectivity index (χ0) is 10.2. The van der Waals surface area contributed by atoms with E-state index in [2.05, 4.69) is 5.10 Å². The fourth-order valence-corrected chi connectivity index (χ4v) is 1.27. The van der Waals surface area contributed by atoms with Gasteiger partial charge in [0.05, 0.1) is 5.54 Å². The molecular weight excluding hydrogens is 166 g/mol. The quantitative estimate of drug-likeness (QED) is 0.703. The summed E-state index contributed by atoms with van der Waals surface area (Å²) in [5.74, 6) is -0.480. The highest BCUT2D eigenvalue weighted by molar-refractivity contribution is 5.90. The van der Waals surface area contributed by atoms with E-state index in [1.54, 1.807) is 10.7 Å². The minimum atomic E-state index is -0.480. The van der Waals surface area contributed by atoms with E-state index in [0.29, 0.717) is 5.69 Å². The number of nitrogens with zero attached hydrogens (tertiary/aromatic N) is 2. The van der Waals surface area contributed by atoms with Gasteiger partial charge in [0.15, 0.2) is 0 Å². The highest BCUT2D eigenvalue weighted by Gasteiger charge is 2.18. The monoisotopic (exact) mass is 181 g/mol. The summed E-state index contributed by atoms with van der Waals surface area (Å²) in [6.45, 7) is 7.98. The number of primary amides is 1. The Balaban J connectivity index is 3.18. The van der Waals surface area contributed by atoms with Crippen molar-refractivity contribution in [1.29, 1.82) is 0 Å². The van der Waals surface area contributed by atoms with Crippen LogP contribution in [0.25, 0.3) is 0 Å². The molecule has 4 heteroatoms. The smallest absolute Gasteiger partial charge is 0.269 e. The lowest BCUT2D eigenvalue weighted by molar-refractivity contribution is 0.0994. The summed E-state index contributed by atoms with van der Waals surface area (Å²) in [7, 11) is 0. The standard InChI is InChI=1S/C9H15N3O/c1-6-5-7(8(10)13)11-12(6)9(2,3)4/h5H,1-4H3,(H2,10,13). The van der Waals surface area contributed by atoms with Crippen molar-refractivity contribution in [3.05, 3.63) is 17.5 Å². The van der Waals surface area contributed by atoms with Crippen molar-refractivity contribution in [2.24, 2.45) is 5.73 Å². The van der Waals surface area contributed by atoms with Crippen molar-refractivity contribution in [3.8, 4) is 0 Å². The van der Waals surface area contributed by atoms with E-state index in [0.717, 1.165) is 5.69 Å². The van der Waals surface area contributed by atoms with Gasteiger partial charge in [-0.25, -0.2) is 0 Å². The molecular formula is C9H15N3O. The Labute approximate surface area is 77.7 Å². The molecule has 1 amide bonds. The average Bonchev–Trinajstić information content (AvgIpc) is 2.29. The molecule has 0 aliphatic rings. The number of aromatic nitrogens is 2. The largest absolute Gasteiger partial charge is 0.364 e. The Kier molecular flexibility index (Phi) is 2.15. The van der Waals surface area contributed by atoms with Crippen LogP contribution in [0.1, 0.15) is 37.0 Å². The van der Waals surface area contributed by atoms with Gasteiger partial charge in [0.2, 0.25) is 0 Å². The molecule has 1 aromatic rings. The number of amides is 1. The lowest BCUT2D eigenvalue weighted by Crippen LogP contribution is -2.25. The van der Waals surface area contributed by atoms with Crippen molar-refractivity contribution in [3.63, 3.8) is 0 Å². The molecule has 0 fully saturated rings. The molecule has 0 saturated carbocycles. The highest BCUT2D eigenvalue weighted by atomic mass is 16.1. The number of hydrogen-bond acceptors (Lipinski definition) is 2. The number of aryl methyl sites for hydroxylation is 1. The van der Waals surface area contributed by atoms with Crippen LogP contribution in [0, 0.1) is 6.92 Å². The predicted octanol–water partition coefficient (Wildman–Crippen LogP) is 1.05. The van der Waals surface area contributed by atoms with Crippen LogP contribution in [0.15, 0.2) is 6.07 Å². The van der Waals surface area contributed by atoms with E-state index in [9.17, 15) is 4.79 Å². The summed E-state index contributed by atoms with van der Waals surface area (Å²) in [5.41, 5.74) is 6.28. The highest BCUT2D eigenvalue weighted by Crippen LogP contribution is 2.16. The number of carbonyl (C=O) groups excluding carboxylic acids is 1. The van der Waals surface area contributed by atoms with Crippen molar-refractivity contribution in [1.82, 2.24) is 9.78 Å². The predicted molar refractivity (Wildman–Crippen MR) is 50.5 cm³/mol. The van der Waals surface area contributed by atoms with Gasteiger partial charge < -0.3 is 5.73 Å². The zero-order valence-corrected chi connectivity index (χ0v) is 8.46. The number of hydrogen-bond donors (Lipinski definition) is 1. The fourth-order valence-electron chi connectivity index (χ4n) is 1.27. The molecule has 0 radical (unpaired) electrons. The second-order valence-electron chi connectivity index (χ2n) is 4.12. The third-order valence-corrected chi connectivity index (χ3v) is 1.78. The Morgan fingerprint density at radius 2 is 2.08 bits per heavy atom. The minimum absolute atomic E-state index is 0.113. The van der Waals surface area contributed by atoms with Gasteiger partial charge >= 0.3 is 0 Å². The van der Waals surface area contributed by atoms with E-state index < -0.39 is 5.91 Å². The van der Waals surface area contributed by atoms with Crippen molar-refractivity contribution in [2.75, 3.05) is 0 Å². The lowest BCUT2D eigenvalue weighted by atomic mass is 10.1. The summed E-state index contributed by atoms with van der Waals surface area (Å²) >= 11 is 0. The minimum Gasteiger partial charge on any atom is -0.364 e. The van der Waals surface area contributed by atoms with E-state index >= 15 is 0 Å². The first-order valence-corrected chi connectivity index (χ1v) is 4.19. The third kappa shape index (κ3) is 1.88. The summed E-state index contributed by atoms with van der Waals surface area (Å²) in [4.78, 5) is 10.8. The van der Waals surface area contributed by atoms with Gasteiger partial charge in [-0.2, -0.15) is 5.10 Å². The molecule has 1 rings (SSSR count). The fraction of sp³-hybridized carbons (Fsp3) is 0.556. The number of carbonyl (C=O) groups is 1. The van der Waals surface area contributed by atoms with Crippen molar-refractivity contribution in [2.45, 2.75) is 33.2 Å². The zero-order valence-electron chi connectivity index (χ0n) is 8.46. The molecule has 0 aromatic carbocycles. The average molecular weight is 181 g/mol. The topological polar surface area (TPSA) is 60.9 Å². The summed E-state index contributed by atoms with van der Waals surface area (Å²) < 4.78 is 1.80. The van der Waals surface area contributed by atoms with E-state index in [1.807, 2.05) is 27.7 Å². The van der Waals surface area contributed by atoms with Crippen LogP contribution in [0.3, 0.4) is 0 Å². The first-order chi connectivity index (χ1) is 5.82. The molecule has 13 heavy (non-hydrogen) atoms. The van der Waals surface area contributed by atoms with Crippen LogP contribution < -0.4 is 5.73 Å². The van der Waals surface area contributed by atoms with Crippen LogP contribution >= 0.6 is 0 Å². The van der Waals surface area contributed by atoms with Gasteiger partial charge in [0, 0.05) is 5.69 Å². The molecule has 0 aliphatic heterocycles. The number of rotatable bonds is 1. The molecule has 1 aromatic heterocycles. The molecule has 0 aliphatic carbocycles. The van der Waals surface area contributed by atoms with Gasteiger partial charge in [-0.15, -0.1) is 0 Å². The van der Waals surface area contributed by atoms with Crippen molar-refractivity contribution < 1.29 is 4.79 Å². The maximum absolute atomic E-state index is 10.8.